The van der Waals surface area contributed by atoms with Crippen molar-refractivity contribution < 1.29 is 4.74 Å². The Morgan fingerprint density at radius 3 is 3.00 bits per heavy atom. The van der Waals surface area contributed by atoms with Gasteiger partial charge in [-0.25, -0.2) is 0 Å². The Balaban J connectivity index is 2.16. The van der Waals surface area contributed by atoms with Gasteiger partial charge < -0.3 is 10.1 Å². The molecule has 0 bridgehead atoms. The molecule has 1 heterocycles. The molecule has 2 aromatic rings. The fourth-order valence-corrected chi connectivity index (χ4v) is 1.77. The summed E-state index contributed by atoms with van der Waals surface area (Å²) in [5.41, 5.74) is 1.70. The van der Waals surface area contributed by atoms with Crippen molar-refractivity contribution in [1.29, 1.82) is 5.26 Å². The van der Waals surface area contributed by atoms with Crippen molar-refractivity contribution in [2.75, 3.05) is 12.4 Å². The van der Waals surface area contributed by atoms with Crippen LogP contribution in [0.3, 0.4) is 0 Å². The molecule has 0 aliphatic rings. The Kier molecular flexibility index (Phi) is 4.04. The number of nitriles is 1. The lowest BCUT2D eigenvalue weighted by molar-refractivity contribution is 0.415. The van der Waals surface area contributed by atoms with E-state index in [2.05, 4.69) is 16.5 Å². The largest absolute Gasteiger partial charge is 0.497 e. The number of hydrogen-bond acceptors (Lipinski definition) is 4. The highest BCUT2D eigenvalue weighted by atomic mass is 16.5. The zero-order valence-corrected chi connectivity index (χ0v) is 11.0. The summed E-state index contributed by atoms with van der Waals surface area (Å²) in [6.07, 6.45) is 3.59. The van der Waals surface area contributed by atoms with Crippen molar-refractivity contribution in [1.82, 2.24) is 9.78 Å². The molecule has 0 saturated carbocycles. The van der Waals surface area contributed by atoms with Gasteiger partial charge in [0.1, 0.15) is 11.8 Å². The third-order valence-electron chi connectivity index (χ3n) is 2.82. The Morgan fingerprint density at radius 1 is 1.53 bits per heavy atom. The number of aryl methyl sites for hydroxylation is 1. The summed E-state index contributed by atoms with van der Waals surface area (Å²) in [4.78, 5) is 0. The Morgan fingerprint density at radius 2 is 2.37 bits per heavy atom. The van der Waals surface area contributed by atoms with Crippen LogP contribution in [-0.2, 0) is 6.54 Å². The van der Waals surface area contributed by atoms with Crippen molar-refractivity contribution >= 4 is 5.69 Å². The monoisotopic (exact) mass is 256 g/mol. The molecule has 19 heavy (non-hydrogen) atoms. The number of nitrogens with zero attached hydrogens (tertiary/aromatic N) is 3. The lowest BCUT2D eigenvalue weighted by atomic mass is 10.1. The van der Waals surface area contributed by atoms with Crippen LogP contribution < -0.4 is 10.1 Å². The maximum atomic E-state index is 9.27. The van der Waals surface area contributed by atoms with E-state index >= 15 is 0 Å². The molecule has 1 N–H and O–H groups in total. The van der Waals surface area contributed by atoms with E-state index in [4.69, 9.17) is 4.74 Å². The van der Waals surface area contributed by atoms with Crippen LogP contribution in [0.15, 0.2) is 36.7 Å². The van der Waals surface area contributed by atoms with Crippen LogP contribution in [0.2, 0.25) is 0 Å². The highest BCUT2D eigenvalue weighted by molar-refractivity contribution is 5.51. The van der Waals surface area contributed by atoms with Crippen LogP contribution in [0.25, 0.3) is 0 Å². The minimum atomic E-state index is -0.424. The van der Waals surface area contributed by atoms with Crippen molar-refractivity contribution in [3.63, 3.8) is 0 Å². The fraction of sp³-hybridized carbons (Fsp3) is 0.286. The molecule has 0 saturated heterocycles. The first-order valence-electron chi connectivity index (χ1n) is 6.09. The summed E-state index contributed by atoms with van der Waals surface area (Å²) in [6, 6.07) is 9.31. The molecular weight excluding hydrogens is 240 g/mol. The minimum absolute atomic E-state index is 0.424. The van der Waals surface area contributed by atoms with E-state index in [0.29, 0.717) is 0 Å². The van der Waals surface area contributed by atoms with Crippen LogP contribution >= 0.6 is 0 Å². The van der Waals surface area contributed by atoms with Crippen LogP contribution in [0.4, 0.5) is 5.69 Å². The predicted molar refractivity (Wildman–Crippen MR) is 72.9 cm³/mol. The summed E-state index contributed by atoms with van der Waals surface area (Å²) < 4.78 is 6.96. The van der Waals surface area contributed by atoms with Gasteiger partial charge >= 0.3 is 0 Å². The number of hydrogen-bond donors (Lipinski definition) is 1. The quantitative estimate of drug-likeness (QED) is 0.893. The van der Waals surface area contributed by atoms with E-state index in [1.807, 2.05) is 37.4 Å². The SMILES string of the molecule is CCn1cc(C(C#N)Nc2cccc(OC)c2)cn1. The third-order valence-corrected chi connectivity index (χ3v) is 2.82. The summed E-state index contributed by atoms with van der Waals surface area (Å²) in [6.45, 7) is 2.80. The van der Waals surface area contributed by atoms with E-state index in [-0.39, 0.29) is 0 Å². The van der Waals surface area contributed by atoms with Gasteiger partial charge in [0.2, 0.25) is 0 Å². The summed E-state index contributed by atoms with van der Waals surface area (Å²) in [5.74, 6) is 0.756. The molecule has 1 aromatic heterocycles. The van der Waals surface area contributed by atoms with Gasteiger partial charge in [0.25, 0.3) is 0 Å². The third kappa shape index (κ3) is 3.05. The number of methoxy groups -OCH3 is 1. The van der Waals surface area contributed by atoms with Gasteiger partial charge in [-0.1, -0.05) is 6.07 Å². The number of rotatable bonds is 5. The average Bonchev–Trinajstić information content (AvgIpc) is 2.93. The number of ether oxygens (including phenoxy) is 1. The van der Waals surface area contributed by atoms with E-state index in [1.54, 1.807) is 18.0 Å². The molecule has 0 fully saturated rings. The molecule has 1 atom stereocenters. The smallest absolute Gasteiger partial charge is 0.143 e. The van der Waals surface area contributed by atoms with Crippen LogP contribution in [0.1, 0.15) is 18.5 Å². The molecule has 0 aliphatic heterocycles. The molecule has 1 aromatic carbocycles. The van der Waals surface area contributed by atoms with Gasteiger partial charge in [0.15, 0.2) is 0 Å². The second-order valence-corrected chi connectivity index (χ2v) is 4.07. The normalized spacial score (nSPS) is 11.6. The molecule has 0 aliphatic carbocycles. The summed E-state index contributed by atoms with van der Waals surface area (Å²) in [7, 11) is 1.62. The molecule has 0 spiro atoms. The molecule has 1 unspecified atom stereocenters. The summed E-state index contributed by atoms with van der Waals surface area (Å²) in [5, 5.41) is 16.6. The molecular formula is C14H16N4O. The van der Waals surface area contributed by atoms with Gasteiger partial charge in [0, 0.05) is 30.1 Å². The zero-order chi connectivity index (χ0) is 13.7. The Hall–Kier alpha value is -2.48. The second kappa shape index (κ2) is 5.91. The lowest BCUT2D eigenvalue weighted by Crippen LogP contribution is -2.07. The first kappa shape index (κ1) is 13.0. The van der Waals surface area contributed by atoms with Crippen molar-refractivity contribution in [3.05, 3.63) is 42.2 Å². The summed E-state index contributed by atoms with van der Waals surface area (Å²) >= 11 is 0. The van der Waals surface area contributed by atoms with E-state index in [1.165, 1.54) is 0 Å². The first-order chi connectivity index (χ1) is 9.26. The molecule has 98 valence electrons. The molecule has 0 amide bonds. The topological polar surface area (TPSA) is 62.9 Å². The highest BCUT2D eigenvalue weighted by Crippen LogP contribution is 2.22. The van der Waals surface area contributed by atoms with Crippen molar-refractivity contribution in [3.8, 4) is 11.8 Å². The average molecular weight is 256 g/mol. The fourth-order valence-electron chi connectivity index (χ4n) is 1.77. The minimum Gasteiger partial charge on any atom is -0.497 e. The predicted octanol–water partition coefficient (Wildman–Crippen LogP) is 2.59. The molecule has 2 rings (SSSR count). The van der Waals surface area contributed by atoms with Crippen LogP contribution in [0.5, 0.6) is 5.75 Å². The number of anilines is 1. The standard InChI is InChI=1S/C14H16N4O/c1-3-18-10-11(9-16-18)14(8-15)17-12-5-4-6-13(7-12)19-2/h4-7,9-10,14,17H,3H2,1-2H3. The van der Waals surface area contributed by atoms with E-state index < -0.39 is 6.04 Å². The Bertz CT molecular complexity index is 585. The molecule has 5 nitrogen and oxygen atoms in total. The van der Waals surface area contributed by atoms with E-state index in [9.17, 15) is 5.26 Å². The van der Waals surface area contributed by atoms with Gasteiger partial charge in [-0.2, -0.15) is 10.4 Å². The number of aromatic nitrogens is 2. The van der Waals surface area contributed by atoms with Crippen LogP contribution in [0, 0.1) is 11.3 Å². The Labute approximate surface area is 112 Å². The maximum absolute atomic E-state index is 9.27. The molecule has 5 heteroatoms. The van der Waals surface area contributed by atoms with Gasteiger partial charge in [-0.3, -0.25) is 4.68 Å². The van der Waals surface area contributed by atoms with Gasteiger partial charge in [-0.05, 0) is 19.1 Å². The van der Waals surface area contributed by atoms with Gasteiger partial charge in [-0.15, -0.1) is 0 Å². The van der Waals surface area contributed by atoms with Crippen molar-refractivity contribution in [2.24, 2.45) is 0 Å². The van der Waals surface area contributed by atoms with Crippen LogP contribution in [-0.4, -0.2) is 16.9 Å². The highest BCUT2D eigenvalue weighted by Gasteiger charge is 2.12. The van der Waals surface area contributed by atoms with E-state index in [0.717, 1.165) is 23.5 Å². The van der Waals surface area contributed by atoms with Crippen molar-refractivity contribution in [2.45, 2.75) is 19.5 Å². The second-order valence-electron chi connectivity index (χ2n) is 4.07. The number of benzene rings is 1. The zero-order valence-electron chi connectivity index (χ0n) is 11.0. The van der Waals surface area contributed by atoms with Gasteiger partial charge in [0.05, 0.1) is 19.4 Å². The maximum Gasteiger partial charge on any atom is 0.143 e. The molecule has 0 radical (unpaired) electrons. The lowest BCUT2D eigenvalue weighted by Gasteiger charge is -2.12. The first-order valence-corrected chi connectivity index (χ1v) is 6.09. The number of nitrogens with one attached hydrogen (secondary N) is 1.